The van der Waals surface area contributed by atoms with Crippen LogP contribution in [0.2, 0.25) is 0 Å². The normalized spacial score (nSPS) is 12.9. The van der Waals surface area contributed by atoms with Crippen molar-refractivity contribution < 1.29 is 5.11 Å². The maximum atomic E-state index is 9.91. The summed E-state index contributed by atoms with van der Waals surface area (Å²) in [6.07, 6.45) is -0.280. The molecule has 0 aliphatic heterocycles. The number of anilines is 1. The van der Waals surface area contributed by atoms with Crippen LogP contribution >= 0.6 is 11.8 Å². The Morgan fingerprint density at radius 1 is 1.24 bits per heavy atom. The van der Waals surface area contributed by atoms with E-state index < -0.39 is 0 Å². The van der Waals surface area contributed by atoms with Crippen LogP contribution in [0.25, 0.3) is 0 Å². The van der Waals surface area contributed by atoms with Gasteiger partial charge in [0, 0.05) is 22.9 Å². The van der Waals surface area contributed by atoms with E-state index in [2.05, 4.69) is 18.7 Å². The number of likely N-dealkylation sites (N-methyl/N-ethyl adjacent to an activating group) is 1. The minimum absolute atomic E-state index is 0.280. The summed E-state index contributed by atoms with van der Waals surface area (Å²) in [5.41, 5.74) is 6.40. The molecule has 3 N–H and O–H groups in total. The fourth-order valence-electron chi connectivity index (χ4n) is 1.59. The van der Waals surface area contributed by atoms with E-state index in [-0.39, 0.29) is 6.10 Å². The van der Waals surface area contributed by atoms with E-state index in [0.29, 0.717) is 0 Å². The first-order valence-corrected chi connectivity index (χ1v) is 7.03. The third-order valence-corrected chi connectivity index (χ3v) is 3.84. The van der Waals surface area contributed by atoms with Crippen LogP contribution in [0.3, 0.4) is 0 Å². The van der Waals surface area contributed by atoms with Crippen molar-refractivity contribution in [1.29, 1.82) is 0 Å². The van der Waals surface area contributed by atoms with E-state index in [0.717, 1.165) is 36.0 Å². The molecule has 0 amide bonds. The Bertz CT molecular complexity index is 312. The third kappa shape index (κ3) is 5.44. The number of hydrogen-bond donors (Lipinski definition) is 2. The second-order valence-corrected chi connectivity index (χ2v) is 5.11. The van der Waals surface area contributed by atoms with Gasteiger partial charge >= 0.3 is 0 Å². The summed E-state index contributed by atoms with van der Waals surface area (Å²) in [6.45, 7) is 6.95. The van der Waals surface area contributed by atoms with E-state index in [1.807, 2.05) is 24.3 Å². The summed E-state index contributed by atoms with van der Waals surface area (Å²) in [4.78, 5) is 3.38. The highest BCUT2D eigenvalue weighted by Crippen LogP contribution is 2.20. The summed E-state index contributed by atoms with van der Waals surface area (Å²) >= 11 is 1.67. The summed E-state index contributed by atoms with van der Waals surface area (Å²) in [5.74, 6) is 0.723. The average molecular weight is 254 g/mol. The second kappa shape index (κ2) is 7.58. The van der Waals surface area contributed by atoms with Crippen LogP contribution in [0, 0.1) is 0 Å². The standard InChI is InChI=1S/C13H22N2OS/c1-3-15(4-2)9-12(16)10-17-13-7-5-11(14)6-8-13/h5-8,12,16H,3-4,9-10,14H2,1-2H3. The highest BCUT2D eigenvalue weighted by atomic mass is 32.2. The summed E-state index contributed by atoms with van der Waals surface area (Å²) < 4.78 is 0. The van der Waals surface area contributed by atoms with Gasteiger partial charge in [-0.3, -0.25) is 0 Å². The maximum Gasteiger partial charge on any atom is 0.0760 e. The van der Waals surface area contributed by atoms with Crippen LogP contribution in [0.15, 0.2) is 29.2 Å². The van der Waals surface area contributed by atoms with Gasteiger partial charge in [-0.1, -0.05) is 13.8 Å². The third-order valence-electron chi connectivity index (χ3n) is 2.69. The van der Waals surface area contributed by atoms with Crippen LogP contribution in [-0.4, -0.2) is 41.5 Å². The number of rotatable bonds is 7. The molecular weight excluding hydrogens is 232 g/mol. The molecule has 0 aliphatic carbocycles. The molecule has 0 aromatic heterocycles. The van der Waals surface area contributed by atoms with Crippen molar-refractivity contribution in [2.24, 2.45) is 0 Å². The Labute approximate surface area is 108 Å². The Kier molecular flexibility index (Phi) is 6.40. The van der Waals surface area contributed by atoms with Crippen LogP contribution in [-0.2, 0) is 0 Å². The van der Waals surface area contributed by atoms with Crippen molar-refractivity contribution in [1.82, 2.24) is 4.90 Å². The van der Waals surface area contributed by atoms with Gasteiger partial charge in [0.05, 0.1) is 6.10 Å². The number of nitrogen functional groups attached to an aromatic ring is 1. The van der Waals surface area contributed by atoms with E-state index >= 15 is 0 Å². The van der Waals surface area contributed by atoms with E-state index in [1.54, 1.807) is 11.8 Å². The SMILES string of the molecule is CCN(CC)CC(O)CSc1ccc(N)cc1. The van der Waals surface area contributed by atoms with E-state index in [9.17, 15) is 5.11 Å². The first kappa shape index (κ1) is 14.4. The molecule has 0 aliphatic rings. The minimum Gasteiger partial charge on any atom is -0.399 e. The highest BCUT2D eigenvalue weighted by Gasteiger charge is 2.09. The second-order valence-electron chi connectivity index (χ2n) is 4.02. The van der Waals surface area contributed by atoms with Gasteiger partial charge < -0.3 is 15.7 Å². The summed E-state index contributed by atoms with van der Waals surface area (Å²) in [5, 5.41) is 9.91. The van der Waals surface area contributed by atoms with Crippen LogP contribution in [0.1, 0.15) is 13.8 Å². The molecule has 1 atom stereocenters. The monoisotopic (exact) mass is 254 g/mol. The average Bonchev–Trinajstić information content (AvgIpc) is 2.35. The lowest BCUT2D eigenvalue weighted by atomic mass is 10.3. The molecule has 1 unspecified atom stereocenters. The van der Waals surface area contributed by atoms with Crippen LogP contribution in [0.4, 0.5) is 5.69 Å². The van der Waals surface area contributed by atoms with Crippen molar-refractivity contribution >= 4 is 17.4 Å². The predicted octanol–water partition coefficient (Wildman–Crippen LogP) is 2.06. The largest absolute Gasteiger partial charge is 0.399 e. The number of benzene rings is 1. The van der Waals surface area contributed by atoms with Gasteiger partial charge in [0.2, 0.25) is 0 Å². The lowest BCUT2D eigenvalue weighted by molar-refractivity contribution is 0.137. The van der Waals surface area contributed by atoms with Crippen molar-refractivity contribution in [2.45, 2.75) is 24.8 Å². The fourth-order valence-corrected chi connectivity index (χ4v) is 2.41. The molecule has 0 radical (unpaired) electrons. The Morgan fingerprint density at radius 3 is 2.35 bits per heavy atom. The van der Waals surface area contributed by atoms with Gasteiger partial charge in [-0.2, -0.15) is 0 Å². The number of hydrogen-bond acceptors (Lipinski definition) is 4. The molecule has 1 rings (SSSR count). The number of nitrogens with two attached hydrogens (primary N) is 1. The minimum atomic E-state index is -0.280. The lowest BCUT2D eigenvalue weighted by Gasteiger charge is -2.21. The molecule has 17 heavy (non-hydrogen) atoms. The molecule has 4 heteroatoms. The molecule has 0 heterocycles. The van der Waals surface area contributed by atoms with Crippen molar-refractivity contribution in [3.05, 3.63) is 24.3 Å². The number of aliphatic hydroxyl groups is 1. The summed E-state index contributed by atoms with van der Waals surface area (Å²) in [7, 11) is 0. The molecule has 1 aromatic rings. The van der Waals surface area contributed by atoms with Crippen molar-refractivity contribution in [3.63, 3.8) is 0 Å². The Morgan fingerprint density at radius 2 is 1.82 bits per heavy atom. The predicted molar refractivity (Wildman–Crippen MR) is 75.4 cm³/mol. The molecule has 0 saturated heterocycles. The molecule has 1 aromatic carbocycles. The Balaban J connectivity index is 2.32. The fraction of sp³-hybridized carbons (Fsp3) is 0.538. The summed E-state index contributed by atoms with van der Waals surface area (Å²) in [6, 6.07) is 7.76. The molecule has 3 nitrogen and oxygen atoms in total. The van der Waals surface area contributed by atoms with Gasteiger partial charge in [0.25, 0.3) is 0 Å². The first-order valence-electron chi connectivity index (χ1n) is 6.04. The zero-order valence-corrected chi connectivity index (χ0v) is 11.4. The smallest absolute Gasteiger partial charge is 0.0760 e. The molecule has 0 bridgehead atoms. The molecule has 0 spiro atoms. The van der Waals surface area contributed by atoms with E-state index in [1.165, 1.54) is 0 Å². The van der Waals surface area contributed by atoms with Crippen molar-refractivity contribution in [2.75, 3.05) is 31.1 Å². The van der Waals surface area contributed by atoms with Gasteiger partial charge in [-0.15, -0.1) is 11.8 Å². The maximum absolute atomic E-state index is 9.91. The van der Waals surface area contributed by atoms with Gasteiger partial charge in [-0.05, 0) is 37.4 Å². The first-order chi connectivity index (χ1) is 8.15. The Hall–Kier alpha value is -0.710. The molecular formula is C13H22N2OS. The number of aliphatic hydroxyl groups excluding tert-OH is 1. The number of thioether (sulfide) groups is 1. The molecule has 96 valence electrons. The molecule has 0 saturated carbocycles. The molecule has 0 fully saturated rings. The van der Waals surface area contributed by atoms with Crippen molar-refractivity contribution in [3.8, 4) is 0 Å². The highest BCUT2D eigenvalue weighted by molar-refractivity contribution is 7.99. The van der Waals surface area contributed by atoms with Gasteiger partial charge in [-0.25, -0.2) is 0 Å². The van der Waals surface area contributed by atoms with Gasteiger partial charge in [0.15, 0.2) is 0 Å². The zero-order chi connectivity index (χ0) is 12.7. The number of nitrogens with zero attached hydrogens (tertiary/aromatic N) is 1. The van der Waals surface area contributed by atoms with Crippen LogP contribution < -0.4 is 5.73 Å². The quantitative estimate of drug-likeness (QED) is 0.578. The van der Waals surface area contributed by atoms with Gasteiger partial charge in [0.1, 0.15) is 0 Å². The van der Waals surface area contributed by atoms with Crippen LogP contribution in [0.5, 0.6) is 0 Å². The zero-order valence-electron chi connectivity index (χ0n) is 10.6. The lowest BCUT2D eigenvalue weighted by Crippen LogP contribution is -2.33. The van der Waals surface area contributed by atoms with E-state index in [4.69, 9.17) is 5.73 Å². The topological polar surface area (TPSA) is 49.5 Å².